The summed E-state index contributed by atoms with van der Waals surface area (Å²) in [7, 11) is 0. The second-order valence-electron chi connectivity index (χ2n) is 9.90. The average Bonchev–Trinajstić information content (AvgIpc) is 3.13. The Kier molecular flexibility index (Phi) is 7.42. The first-order valence-corrected chi connectivity index (χ1v) is 12.1. The number of hydrogen-bond donors (Lipinski definition) is 0. The number of anilines is 1. The van der Waals surface area contributed by atoms with Gasteiger partial charge in [0.15, 0.2) is 11.6 Å². The van der Waals surface area contributed by atoms with Crippen LogP contribution in [0.2, 0.25) is 0 Å². The van der Waals surface area contributed by atoms with E-state index in [2.05, 4.69) is 9.88 Å². The third kappa shape index (κ3) is 6.41. The summed E-state index contributed by atoms with van der Waals surface area (Å²) in [5, 5.41) is 0. The number of nitrogens with zero attached hydrogens (tertiary/aromatic N) is 4. The Bertz CT molecular complexity index is 1060. The van der Waals surface area contributed by atoms with Crippen molar-refractivity contribution in [3.05, 3.63) is 54.0 Å². The van der Waals surface area contributed by atoms with Crippen molar-refractivity contribution >= 4 is 17.8 Å². The molecule has 3 heterocycles. The molecule has 0 aliphatic carbocycles. The van der Waals surface area contributed by atoms with Crippen molar-refractivity contribution < 1.29 is 23.5 Å². The van der Waals surface area contributed by atoms with Gasteiger partial charge in [-0.3, -0.25) is 4.79 Å². The van der Waals surface area contributed by atoms with Crippen LogP contribution in [0.4, 0.5) is 15.0 Å². The summed E-state index contributed by atoms with van der Waals surface area (Å²) in [5.74, 6) is 0.333. The highest BCUT2D eigenvalue weighted by Crippen LogP contribution is 2.23. The lowest BCUT2D eigenvalue weighted by Crippen LogP contribution is -2.39. The number of likely N-dealkylation sites (tertiary alicyclic amines) is 1. The topological polar surface area (TPSA) is 75.2 Å². The van der Waals surface area contributed by atoms with Gasteiger partial charge in [0.05, 0.1) is 6.54 Å². The number of aromatic nitrogens is 1. The fourth-order valence-corrected chi connectivity index (χ4v) is 4.26. The molecule has 0 unspecified atom stereocenters. The van der Waals surface area contributed by atoms with Crippen LogP contribution in [-0.2, 0) is 4.74 Å². The van der Waals surface area contributed by atoms with Gasteiger partial charge in [0.1, 0.15) is 23.2 Å². The van der Waals surface area contributed by atoms with Gasteiger partial charge >= 0.3 is 6.09 Å². The van der Waals surface area contributed by atoms with E-state index in [0.29, 0.717) is 50.7 Å². The fraction of sp³-hybridized carbons (Fsp3) is 0.500. The smallest absolute Gasteiger partial charge is 0.410 e. The van der Waals surface area contributed by atoms with E-state index in [0.717, 1.165) is 13.0 Å². The van der Waals surface area contributed by atoms with Gasteiger partial charge < -0.3 is 24.2 Å². The molecule has 2 aliphatic heterocycles. The molecule has 2 aliphatic rings. The highest BCUT2D eigenvalue weighted by atomic mass is 19.1. The molecule has 2 amide bonds. The van der Waals surface area contributed by atoms with Crippen molar-refractivity contribution in [2.24, 2.45) is 0 Å². The monoisotopic (exact) mass is 484 g/mol. The van der Waals surface area contributed by atoms with Crippen LogP contribution in [0.5, 0.6) is 5.75 Å². The minimum Gasteiger partial charge on any atom is -0.485 e. The highest BCUT2D eigenvalue weighted by Gasteiger charge is 2.30. The maximum Gasteiger partial charge on any atom is 0.410 e. The zero-order valence-electron chi connectivity index (χ0n) is 20.6. The molecule has 2 fully saturated rings. The molecule has 1 atom stereocenters. The first-order chi connectivity index (χ1) is 16.7. The van der Waals surface area contributed by atoms with Gasteiger partial charge in [0, 0.05) is 39.1 Å². The highest BCUT2D eigenvalue weighted by molar-refractivity contribution is 5.93. The van der Waals surface area contributed by atoms with Gasteiger partial charge in [0.2, 0.25) is 0 Å². The maximum absolute atomic E-state index is 13.9. The number of para-hydroxylation sites is 1. The summed E-state index contributed by atoms with van der Waals surface area (Å²) in [6, 6.07) is 11.7. The minimum absolute atomic E-state index is 0.170. The van der Waals surface area contributed by atoms with Crippen molar-refractivity contribution in [3.63, 3.8) is 0 Å². The SMILES string of the molecule is CC(C)(C)OC(=O)N1CCCN(c2cccc(C(=O)N3CC[C@H](Oc4ccccc4F)C3)n2)CC1. The van der Waals surface area contributed by atoms with Crippen molar-refractivity contribution in [2.75, 3.05) is 44.2 Å². The summed E-state index contributed by atoms with van der Waals surface area (Å²) in [6.07, 6.45) is 0.841. The maximum atomic E-state index is 13.9. The third-order valence-electron chi connectivity index (χ3n) is 5.99. The van der Waals surface area contributed by atoms with E-state index in [1.54, 1.807) is 34.1 Å². The van der Waals surface area contributed by atoms with Gasteiger partial charge in [-0.2, -0.15) is 0 Å². The molecule has 1 aromatic heterocycles. The summed E-state index contributed by atoms with van der Waals surface area (Å²) in [5.41, 5.74) is -0.170. The first kappa shape index (κ1) is 24.8. The van der Waals surface area contributed by atoms with Crippen LogP contribution >= 0.6 is 0 Å². The number of carbonyl (C=O) groups excluding carboxylic acids is 2. The van der Waals surface area contributed by atoms with Crippen molar-refractivity contribution in [3.8, 4) is 5.75 Å². The summed E-state index contributed by atoms with van der Waals surface area (Å²) >= 11 is 0. The molecular formula is C26H33FN4O4. The van der Waals surface area contributed by atoms with Crippen molar-refractivity contribution in [1.29, 1.82) is 0 Å². The van der Waals surface area contributed by atoms with Crippen molar-refractivity contribution in [1.82, 2.24) is 14.8 Å². The molecule has 4 rings (SSSR count). The molecule has 0 bridgehead atoms. The van der Waals surface area contributed by atoms with E-state index >= 15 is 0 Å². The van der Waals surface area contributed by atoms with Gasteiger partial charge in [-0.15, -0.1) is 0 Å². The largest absolute Gasteiger partial charge is 0.485 e. The Morgan fingerprint density at radius 2 is 1.77 bits per heavy atom. The molecule has 35 heavy (non-hydrogen) atoms. The number of ether oxygens (including phenoxy) is 2. The molecule has 0 N–H and O–H groups in total. The van der Waals surface area contributed by atoms with Gasteiger partial charge in [-0.05, 0) is 51.5 Å². The standard InChI is InChI=1S/C26H33FN4O4/c1-26(2,3)35-25(33)30-14-7-13-29(16-17-30)23-11-6-9-21(28-23)24(32)31-15-12-19(18-31)34-22-10-5-4-8-20(22)27/h4-6,8-11,19H,7,12-18H2,1-3H3/t19-/m0/s1. The number of hydrogen-bond acceptors (Lipinski definition) is 6. The predicted octanol–water partition coefficient (Wildman–Crippen LogP) is 3.96. The molecule has 188 valence electrons. The van der Waals surface area contributed by atoms with E-state index < -0.39 is 11.4 Å². The Hall–Kier alpha value is -3.36. The van der Waals surface area contributed by atoms with Crippen LogP contribution in [0, 0.1) is 5.82 Å². The van der Waals surface area contributed by atoms with Crippen LogP contribution in [0.3, 0.4) is 0 Å². The number of benzene rings is 1. The number of rotatable bonds is 4. The predicted molar refractivity (Wildman–Crippen MR) is 130 cm³/mol. The normalized spacial score (nSPS) is 18.9. The lowest BCUT2D eigenvalue weighted by molar-refractivity contribution is 0.0263. The second kappa shape index (κ2) is 10.5. The number of amides is 2. The molecule has 2 saturated heterocycles. The number of halogens is 1. The fourth-order valence-electron chi connectivity index (χ4n) is 4.26. The number of carbonyl (C=O) groups is 2. The van der Waals surface area contributed by atoms with Gasteiger partial charge in [-0.25, -0.2) is 14.2 Å². The first-order valence-electron chi connectivity index (χ1n) is 12.1. The molecule has 0 saturated carbocycles. The molecule has 2 aromatic rings. The van der Waals surface area contributed by atoms with Crippen LogP contribution in [0.1, 0.15) is 44.1 Å². The summed E-state index contributed by atoms with van der Waals surface area (Å²) < 4.78 is 25.2. The molecule has 9 heteroatoms. The van der Waals surface area contributed by atoms with E-state index in [4.69, 9.17) is 9.47 Å². The third-order valence-corrected chi connectivity index (χ3v) is 5.99. The Balaban J connectivity index is 1.36. The molecule has 1 aromatic carbocycles. The Labute approximate surface area is 205 Å². The van der Waals surface area contributed by atoms with E-state index in [1.807, 2.05) is 32.9 Å². The number of pyridine rings is 1. The van der Waals surface area contributed by atoms with Crippen LogP contribution in [-0.4, -0.2) is 77.8 Å². The molecular weight excluding hydrogens is 451 g/mol. The van der Waals surface area contributed by atoms with E-state index in [9.17, 15) is 14.0 Å². The quantitative estimate of drug-likeness (QED) is 0.654. The van der Waals surface area contributed by atoms with Crippen LogP contribution in [0.15, 0.2) is 42.5 Å². The van der Waals surface area contributed by atoms with Gasteiger partial charge in [0.25, 0.3) is 5.91 Å². The van der Waals surface area contributed by atoms with Gasteiger partial charge in [-0.1, -0.05) is 18.2 Å². The zero-order chi connectivity index (χ0) is 25.0. The zero-order valence-corrected chi connectivity index (χ0v) is 20.6. The Morgan fingerprint density at radius 3 is 2.54 bits per heavy atom. The van der Waals surface area contributed by atoms with Crippen LogP contribution in [0.25, 0.3) is 0 Å². The van der Waals surface area contributed by atoms with E-state index in [1.165, 1.54) is 6.07 Å². The van der Waals surface area contributed by atoms with Crippen molar-refractivity contribution in [2.45, 2.75) is 45.3 Å². The molecule has 8 nitrogen and oxygen atoms in total. The molecule has 0 radical (unpaired) electrons. The van der Waals surface area contributed by atoms with Crippen LogP contribution < -0.4 is 9.64 Å². The summed E-state index contributed by atoms with van der Waals surface area (Å²) in [4.78, 5) is 35.7. The lowest BCUT2D eigenvalue weighted by Gasteiger charge is -2.26. The lowest BCUT2D eigenvalue weighted by atomic mass is 10.2. The minimum atomic E-state index is -0.534. The molecule has 0 spiro atoms. The average molecular weight is 485 g/mol. The Morgan fingerprint density at radius 1 is 0.971 bits per heavy atom. The second-order valence-corrected chi connectivity index (χ2v) is 9.90. The van der Waals surface area contributed by atoms with E-state index in [-0.39, 0.29) is 23.9 Å². The summed E-state index contributed by atoms with van der Waals surface area (Å²) in [6.45, 7) is 8.95.